The van der Waals surface area contributed by atoms with Crippen LogP contribution in [0.15, 0.2) is 24.3 Å². The highest BCUT2D eigenvalue weighted by atomic mass is 32.1. The highest BCUT2D eigenvalue weighted by Gasteiger charge is 1.96. The minimum absolute atomic E-state index is 0.360. The van der Waals surface area contributed by atoms with Gasteiger partial charge in [0.05, 0.1) is 0 Å². The number of aryl methyl sites for hydroxylation is 1. The van der Waals surface area contributed by atoms with Crippen molar-refractivity contribution in [2.45, 2.75) is 18.6 Å². The number of carboxylic acid groups (broad SMARTS) is 1. The molecule has 0 aliphatic heterocycles. The fourth-order valence-electron chi connectivity index (χ4n) is 1.14. The Kier molecular flexibility index (Phi) is 3.37. The zero-order valence-corrected chi connectivity index (χ0v) is 8.14. The molecule has 0 aliphatic rings. The Morgan fingerprint density at radius 2 is 2.31 bits per heavy atom. The molecular weight excluding hydrogens is 184 g/mol. The molecule has 70 valence electrons. The topological polar surface area (TPSA) is 40.1 Å². The third-order valence-corrected chi connectivity index (χ3v) is 2.13. The Balaban J connectivity index is 2.69. The van der Waals surface area contributed by atoms with E-state index in [1.165, 1.54) is 0 Å². The van der Waals surface area contributed by atoms with Crippen LogP contribution in [-0.2, 0) is 23.8 Å². The number of hydrogen-bond acceptors (Lipinski definition) is 3. The molecule has 1 rings (SSSR count). The van der Waals surface area contributed by atoms with Gasteiger partial charge in [-0.2, -0.15) is 0 Å². The van der Waals surface area contributed by atoms with Gasteiger partial charge in [-0.1, -0.05) is 29.8 Å². The van der Waals surface area contributed by atoms with E-state index in [0.29, 0.717) is 6.42 Å². The van der Waals surface area contributed by atoms with Gasteiger partial charge in [-0.15, -0.1) is 5.25 Å². The van der Waals surface area contributed by atoms with Crippen molar-refractivity contribution >= 4 is 18.6 Å². The third-order valence-electron chi connectivity index (χ3n) is 1.77. The van der Waals surface area contributed by atoms with E-state index < -0.39 is 11.2 Å². The maximum absolute atomic E-state index is 10.4. The molecule has 1 atom stereocenters. The average Bonchev–Trinajstić information content (AvgIpc) is 2.04. The smallest absolute Gasteiger partial charge is 0.0209 e. The summed E-state index contributed by atoms with van der Waals surface area (Å²) in [7, 11) is 0. The number of hydrogen-bond donors (Lipinski definition) is 0. The number of carbonyl (C=O) groups is 1. The molecule has 1 aromatic carbocycles. The molecule has 0 aromatic heterocycles. The van der Waals surface area contributed by atoms with Crippen LogP contribution >= 0.6 is 0 Å². The van der Waals surface area contributed by atoms with Crippen LogP contribution in [0.1, 0.15) is 11.1 Å². The second kappa shape index (κ2) is 4.33. The average molecular weight is 194 g/mol. The van der Waals surface area contributed by atoms with E-state index in [-0.39, 0.29) is 0 Å². The Bertz CT molecular complexity index is 310. The molecule has 0 heterocycles. The van der Waals surface area contributed by atoms with Gasteiger partial charge in [0.25, 0.3) is 0 Å². The van der Waals surface area contributed by atoms with Crippen molar-refractivity contribution in [2.75, 3.05) is 0 Å². The van der Waals surface area contributed by atoms with E-state index in [2.05, 4.69) is 0 Å². The standard InChI is InChI=1S/C10H12O2S/c1-7-3-2-4-8(5-7)6-9(13)10(11)12/h2-5,9,13H,6H2,1H3,(H,11,12)/p-2. The lowest BCUT2D eigenvalue weighted by atomic mass is 10.1. The molecule has 0 fully saturated rings. The maximum Gasteiger partial charge on any atom is 0.0209 e. The first-order chi connectivity index (χ1) is 6.09. The van der Waals surface area contributed by atoms with Gasteiger partial charge in [0.15, 0.2) is 0 Å². The summed E-state index contributed by atoms with van der Waals surface area (Å²) in [6.07, 6.45) is 0.360. The van der Waals surface area contributed by atoms with E-state index in [9.17, 15) is 9.90 Å². The van der Waals surface area contributed by atoms with E-state index in [1.807, 2.05) is 31.2 Å². The van der Waals surface area contributed by atoms with Crippen molar-refractivity contribution in [1.82, 2.24) is 0 Å². The number of carbonyl (C=O) groups excluding carboxylic acids is 1. The van der Waals surface area contributed by atoms with Gasteiger partial charge in [-0.3, -0.25) is 0 Å². The van der Waals surface area contributed by atoms with E-state index >= 15 is 0 Å². The van der Waals surface area contributed by atoms with E-state index in [1.54, 1.807) is 0 Å². The minimum Gasteiger partial charge on any atom is -0.783 e. The molecule has 0 N–H and O–H groups in total. The summed E-state index contributed by atoms with van der Waals surface area (Å²) in [5.74, 6) is -1.17. The van der Waals surface area contributed by atoms with Crippen LogP contribution in [0, 0.1) is 6.92 Å². The van der Waals surface area contributed by atoms with Crippen LogP contribution in [0.2, 0.25) is 0 Å². The normalized spacial score (nSPS) is 12.5. The van der Waals surface area contributed by atoms with Gasteiger partial charge >= 0.3 is 0 Å². The van der Waals surface area contributed by atoms with Gasteiger partial charge in [0.1, 0.15) is 0 Å². The van der Waals surface area contributed by atoms with Gasteiger partial charge in [-0.25, -0.2) is 0 Å². The summed E-state index contributed by atoms with van der Waals surface area (Å²) >= 11 is 4.72. The molecule has 2 nitrogen and oxygen atoms in total. The maximum atomic E-state index is 10.4. The third kappa shape index (κ3) is 3.11. The summed E-state index contributed by atoms with van der Waals surface area (Å²) in [6.45, 7) is 1.96. The summed E-state index contributed by atoms with van der Waals surface area (Å²) in [4.78, 5) is 10.4. The molecule has 13 heavy (non-hydrogen) atoms. The van der Waals surface area contributed by atoms with Crippen LogP contribution in [0.5, 0.6) is 0 Å². The zero-order valence-electron chi connectivity index (χ0n) is 7.32. The lowest BCUT2D eigenvalue weighted by Crippen LogP contribution is -2.35. The van der Waals surface area contributed by atoms with Crippen LogP contribution in [0.4, 0.5) is 0 Å². The zero-order chi connectivity index (χ0) is 9.84. The molecule has 0 amide bonds. The van der Waals surface area contributed by atoms with Crippen molar-refractivity contribution < 1.29 is 9.90 Å². The summed E-state index contributed by atoms with van der Waals surface area (Å²) in [5, 5.41) is 9.54. The lowest BCUT2D eigenvalue weighted by molar-refractivity contribution is -0.304. The van der Waals surface area contributed by atoms with Crippen LogP contribution in [0.25, 0.3) is 0 Å². The lowest BCUT2D eigenvalue weighted by Gasteiger charge is -2.23. The molecule has 0 radical (unpaired) electrons. The molecular formula is C10H10O2S-2. The largest absolute Gasteiger partial charge is 0.783 e. The van der Waals surface area contributed by atoms with Crippen molar-refractivity contribution in [3.63, 3.8) is 0 Å². The highest BCUT2D eigenvalue weighted by molar-refractivity contribution is 7.60. The molecule has 0 bridgehead atoms. The molecule has 3 heteroatoms. The molecule has 0 aliphatic carbocycles. The van der Waals surface area contributed by atoms with Crippen LogP contribution < -0.4 is 5.11 Å². The Morgan fingerprint density at radius 1 is 1.62 bits per heavy atom. The molecule has 0 saturated heterocycles. The fourth-order valence-corrected chi connectivity index (χ4v) is 1.33. The Morgan fingerprint density at radius 3 is 2.85 bits per heavy atom. The van der Waals surface area contributed by atoms with Gasteiger partial charge < -0.3 is 22.5 Å². The van der Waals surface area contributed by atoms with Crippen molar-refractivity contribution in [1.29, 1.82) is 0 Å². The van der Waals surface area contributed by atoms with Gasteiger partial charge in [-0.05, 0) is 18.9 Å². The summed E-state index contributed by atoms with van der Waals surface area (Å²) < 4.78 is 0. The molecule has 0 spiro atoms. The monoisotopic (exact) mass is 194 g/mol. The second-order valence-corrected chi connectivity index (χ2v) is 3.57. The SMILES string of the molecule is Cc1cccc(CC([S-])C(=O)[O-])c1. The van der Waals surface area contributed by atoms with Crippen molar-refractivity contribution in [3.05, 3.63) is 35.4 Å². The highest BCUT2D eigenvalue weighted by Crippen LogP contribution is 2.06. The molecule has 1 unspecified atom stereocenters. The Hall–Kier alpha value is -0.960. The number of rotatable bonds is 3. The van der Waals surface area contributed by atoms with E-state index in [0.717, 1.165) is 11.1 Å². The summed E-state index contributed by atoms with van der Waals surface area (Å²) in [5.41, 5.74) is 2.06. The van der Waals surface area contributed by atoms with Crippen LogP contribution in [0.3, 0.4) is 0 Å². The number of aliphatic carboxylic acids is 1. The first-order valence-electron chi connectivity index (χ1n) is 4.02. The molecule has 1 aromatic rings. The van der Waals surface area contributed by atoms with Gasteiger partial charge in [0.2, 0.25) is 0 Å². The predicted molar refractivity (Wildman–Crippen MR) is 51.0 cm³/mol. The number of benzene rings is 1. The first kappa shape index (κ1) is 10.1. The molecule has 0 saturated carbocycles. The van der Waals surface area contributed by atoms with Crippen LogP contribution in [-0.4, -0.2) is 11.2 Å². The predicted octanol–water partition coefficient (Wildman–Crippen LogP) is 0.203. The second-order valence-electron chi connectivity index (χ2n) is 3.00. The Labute approximate surface area is 83.0 Å². The van der Waals surface area contributed by atoms with E-state index in [4.69, 9.17) is 12.6 Å². The first-order valence-corrected chi connectivity index (χ1v) is 4.49. The van der Waals surface area contributed by atoms with Crippen molar-refractivity contribution in [2.24, 2.45) is 0 Å². The minimum atomic E-state index is -1.17. The van der Waals surface area contributed by atoms with Gasteiger partial charge in [0, 0.05) is 5.97 Å². The summed E-state index contributed by atoms with van der Waals surface area (Å²) in [6, 6.07) is 7.65. The van der Waals surface area contributed by atoms with Crippen molar-refractivity contribution in [3.8, 4) is 0 Å². The number of carboxylic acids is 1. The quantitative estimate of drug-likeness (QED) is 0.645. The fraction of sp³-hybridized carbons (Fsp3) is 0.300.